The van der Waals surface area contributed by atoms with Crippen molar-refractivity contribution in [1.29, 1.82) is 0 Å². The van der Waals surface area contributed by atoms with Crippen LogP contribution in [0.5, 0.6) is 0 Å². The average molecular weight is 332 g/mol. The van der Waals surface area contributed by atoms with Gasteiger partial charge in [-0.2, -0.15) is 0 Å². The number of aromatic nitrogens is 1. The predicted molar refractivity (Wildman–Crippen MR) is 108 cm³/mol. The van der Waals surface area contributed by atoms with Gasteiger partial charge in [0.1, 0.15) is 0 Å². The van der Waals surface area contributed by atoms with Crippen LogP contribution >= 0.6 is 0 Å². The molecule has 0 aliphatic carbocycles. The molecule has 24 heavy (non-hydrogen) atoms. The molecule has 0 radical (unpaired) electrons. The zero-order valence-electron chi connectivity index (χ0n) is 15.2. The molecule has 0 unspecified atom stereocenters. The largest absolute Gasteiger partial charge is 0.256 e. The van der Waals surface area contributed by atoms with Gasteiger partial charge in [-0.1, -0.05) is 62.1 Å². The molecule has 122 valence electrons. The summed E-state index contributed by atoms with van der Waals surface area (Å²) in [5.74, 6) is 0. The molecule has 0 N–H and O–H groups in total. The number of nitrogens with zero attached hydrogens (tertiary/aromatic N) is 1. The Bertz CT molecular complexity index is 861. The normalized spacial score (nSPS) is 11.5. The van der Waals surface area contributed by atoms with Crippen LogP contribution in [0.3, 0.4) is 0 Å². The van der Waals surface area contributed by atoms with Crippen molar-refractivity contribution in [1.82, 2.24) is 4.98 Å². The van der Waals surface area contributed by atoms with Crippen LogP contribution < -0.4 is 5.19 Å². The van der Waals surface area contributed by atoms with Crippen LogP contribution in [0.1, 0.15) is 11.1 Å². The van der Waals surface area contributed by atoms with Gasteiger partial charge >= 0.3 is 0 Å². The van der Waals surface area contributed by atoms with E-state index >= 15 is 0 Å². The molecule has 0 saturated heterocycles. The van der Waals surface area contributed by atoms with E-state index in [2.05, 4.69) is 94.3 Å². The summed E-state index contributed by atoms with van der Waals surface area (Å²) in [5.41, 5.74) is 7.46. The molecule has 0 aliphatic rings. The number of rotatable bonds is 3. The Morgan fingerprint density at radius 3 is 2.04 bits per heavy atom. The maximum absolute atomic E-state index is 4.75. The van der Waals surface area contributed by atoms with E-state index in [9.17, 15) is 0 Å². The highest BCUT2D eigenvalue weighted by Crippen LogP contribution is 2.28. The summed E-state index contributed by atoms with van der Waals surface area (Å²) < 4.78 is 0. The highest BCUT2D eigenvalue weighted by molar-refractivity contribution is 6.89. The number of hydrogen-bond acceptors (Lipinski definition) is 1. The molecular formula is C22H25NSi. The second-order valence-corrected chi connectivity index (χ2v) is 12.6. The first-order valence-electron chi connectivity index (χ1n) is 8.50. The minimum Gasteiger partial charge on any atom is -0.256 e. The van der Waals surface area contributed by atoms with E-state index in [0.717, 1.165) is 5.69 Å². The quantitative estimate of drug-likeness (QED) is 0.571. The van der Waals surface area contributed by atoms with E-state index in [1.54, 1.807) is 0 Å². The topological polar surface area (TPSA) is 12.9 Å². The molecule has 1 nitrogen and oxygen atoms in total. The fourth-order valence-corrected chi connectivity index (χ4v) is 4.97. The molecule has 3 rings (SSSR count). The first kappa shape index (κ1) is 16.7. The second kappa shape index (κ2) is 6.37. The summed E-state index contributed by atoms with van der Waals surface area (Å²) in [6.07, 6.45) is 2.09. The van der Waals surface area contributed by atoms with Crippen molar-refractivity contribution >= 4 is 13.3 Å². The third kappa shape index (κ3) is 3.34. The van der Waals surface area contributed by atoms with Gasteiger partial charge in [-0.25, -0.2) is 0 Å². The standard InChI is InChI=1S/C22H25NSi/c1-16-13-19(11-12-20(16)18-9-7-6-8-10-18)21-14-17(2)22(15-23-21)24(3,4)5/h6-15H,1-5H3. The van der Waals surface area contributed by atoms with Gasteiger partial charge in [-0.3, -0.25) is 4.98 Å². The van der Waals surface area contributed by atoms with Crippen LogP contribution in [0, 0.1) is 13.8 Å². The Labute approximate surface area is 146 Å². The van der Waals surface area contributed by atoms with E-state index in [1.807, 2.05) is 0 Å². The molecule has 0 spiro atoms. The summed E-state index contributed by atoms with van der Waals surface area (Å²) in [4.78, 5) is 4.75. The van der Waals surface area contributed by atoms with Crippen molar-refractivity contribution < 1.29 is 0 Å². The minimum absolute atomic E-state index is 1.07. The van der Waals surface area contributed by atoms with Crippen LogP contribution in [0.2, 0.25) is 19.6 Å². The molecule has 0 atom stereocenters. The summed E-state index contributed by atoms with van der Waals surface area (Å²) in [6.45, 7) is 11.5. The Morgan fingerprint density at radius 1 is 0.750 bits per heavy atom. The lowest BCUT2D eigenvalue weighted by molar-refractivity contribution is 1.30. The zero-order chi connectivity index (χ0) is 17.3. The SMILES string of the molecule is Cc1cc(-c2cc(C)c([Si](C)(C)C)cn2)ccc1-c1ccccc1. The van der Waals surface area contributed by atoms with E-state index in [4.69, 9.17) is 4.98 Å². The van der Waals surface area contributed by atoms with E-state index in [1.165, 1.54) is 33.0 Å². The molecule has 2 heteroatoms. The van der Waals surface area contributed by atoms with E-state index < -0.39 is 8.07 Å². The van der Waals surface area contributed by atoms with Crippen LogP contribution in [0.15, 0.2) is 60.8 Å². The third-order valence-corrected chi connectivity index (χ3v) is 6.67. The van der Waals surface area contributed by atoms with Crippen LogP contribution in [-0.4, -0.2) is 13.1 Å². The summed E-state index contributed by atoms with van der Waals surface area (Å²) in [7, 11) is -1.33. The van der Waals surface area contributed by atoms with Gasteiger partial charge in [0.05, 0.1) is 13.8 Å². The fourth-order valence-electron chi connectivity index (χ4n) is 3.26. The molecule has 0 aliphatic heterocycles. The van der Waals surface area contributed by atoms with Gasteiger partial charge in [0.25, 0.3) is 0 Å². The van der Waals surface area contributed by atoms with Crippen molar-refractivity contribution in [2.45, 2.75) is 33.5 Å². The highest BCUT2D eigenvalue weighted by Gasteiger charge is 2.19. The van der Waals surface area contributed by atoms with Crippen LogP contribution in [0.25, 0.3) is 22.4 Å². The first-order chi connectivity index (χ1) is 11.4. The molecule has 1 heterocycles. The number of hydrogen-bond donors (Lipinski definition) is 0. The molecule has 0 amide bonds. The number of pyridine rings is 1. The molecule has 0 saturated carbocycles. The Balaban J connectivity index is 2.00. The number of benzene rings is 2. The lowest BCUT2D eigenvalue weighted by Gasteiger charge is -2.19. The summed E-state index contributed by atoms with van der Waals surface area (Å²) >= 11 is 0. The lowest BCUT2D eigenvalue weighted by atomic mass is 9.97. The highest BCUT2D eigenvalue weighted by atomic mass is 28.3. The van der Waals surface area contributed by atoms with Crippen LogP contribution in [-0.2, 0) is 0 Å². The average Bonchev–Trinajstić information content (AvgIpc) is 2.54. The van der Waals surface area contributed by atoms with Crippen molar-refractivity contribution in [3.05, 3.63) is 71.9 Å². The van der Waals surface area contributed by atoms with E-state index in [0.29, 0.717) is 0 Å². The molecule has 2 aromatic carbocycles. The van der Waals surface area contributed by atoms with Gasteiger partial charge in [0.2, 0.25) is 0 Å². The van der Waals surface area contributed by atoms with Gasteiger partial charge < -0.3 is 0 Å². The zero-order valence-corrected chi connectivity index (χ0v) is 16.2. The molecule has 3 aromatic rings. The minimum atomic E-state index is -1.33. The van der Waals surface area contributed by atoms with E-state index in [-0.39, 0.29) is 0 Å². The Hall–Kier alpha value is -2.19. The van der Waals surface area contributed by atoms with Gasteiger partial charge in [0, 0.05) is 11.8 Å². The predicted octanol–water partition coefficient (Wildman–Crippen LogP) is 5.58. The molecule has 0 fully saturated rings. The molecule has 1 aromatic heterocycles. The van der Waals surface area contributed by atoms with Gasteiger partial charge in [-0.15, -0.1) is 0 Å². The summed E-state index contributed by atoms with van der Waals surface area (Å²) in [5, 5.41) is 1.45. The molecule has 0 bridgehead atoms. The Morgan fingerprint density at radius 2 is 1.46 bits per heavy atom. The Kier molecular flexibility index (Phi) is 4.42. The fraction of sp³-hybridized carbons (Fsp3) is 0.227. The van der Waals surface area contributed by atoms with Crippen molar-refractivity contribution in [2.24, 2.45) is 0 Å². The second-order valence-electron chi connectivity index (χ2n) is 7.53. The van der Waals surface area contributed by atoms with Gasteiger partial charge in [0.15, 0.2) is 0 Å². The van der Waals surface area contributed by atoms with Crippen LogP contribution in [0.4, 0.5) is 0 Å². The van der Waals surface area contributed by atoms with Crippen molar-refractivity contribution in [3.8, 4) is 22.4 Å². The maximum Gasteiger partial charge on any atom is 0.0799 e. The first-order valence-corrected chi connectivity index (χ1v) is 12.0. The lowest BCUT2D eigenvalue weighted by Crippen LogP contribution is -2.39. The number of aryl methyl sites for hydroxylation is 2. The summed E-state index contributed by atoms with van der Waals surface area (Å²) in [6, 6.07) is 19.4. The van der Waals surface area contributed by atoms with Gasteiger partial charge in [-0.05, 0) is 53.4 Å². The smallest absolute Gasteiger partial charge is 0.0799 e. The maximum atomic E-state index is 4.75. The van der Waals surface area contributed by atoms with Crippen molar-refractivity contribution in [2.75, 3.05) is 0 Å². The third-order valence-electron chi connectivity index (χ3n) is 4.53. The molecular weight excluding hydrogens is 306 g/mol. The van der Waals surface area contributed by atoms with Crippen molar-refractivity contribution in [3.63, 3.8) is 0 Å². The monoisotopic (exact) mass is 331 g/mol.